The van der Waals surface area contributed by atoms with Crippen molar-refractivity contribution in [2.45, 2.75) is 19.3 Å². The highest BCUT2D eigenvalue weighted by Crippen LogP contribution is 2.48. The van der Waals surface area contributed by atoms with E-state index in [1.807, 2.05) is 18.3 Å². The van der Waals surface area contributed by atoms with Crippen LogP contribution in [-0.2, 0) is 0 Å². The standard InChI is InChI=1S/C15H14BrN3/c16-12-8-11-2-1-3-13(14(11)18-9-12)19-10-15(4-5-15)6-7-17/h1-3,8-9,19H,4-6,10H2. The number of para-hydroxylation sites is 1. The molecule has 1 fully saturated rings. The summed E-state index contributed by atoms with van der Waals surface area (Å²) in [5.41, 5.74) is 2.24. The van der Waals surface area contributed by atoms with Gasteiger partial charge in [0.1, 0.15) is 0 Å². The molecule has 1 aromatic carbocycles. The van der Waals surface area contributed by atoms with Crippen molar-refractivity contribution in [3.63, 3.8) is 0 Å². The molecule has 0 unspecified atom stereocenters. The Hall–Kier alpha value is -1.60. The largest absolute Gasteiger partial charge is 0.383 e. The summed E-state index contributed by atoms with van der Waals surface area (Å²) in [6.07, 6.45) is 4.76. The highest BCUT2D eigenvalue weighted by Gasteiger charge is 2.42. The summed E-state index contributed by atoms with van der Waals surface area (Å²) in [4.78, 5) is 4.47. The predicted molar refractivity (Wildman–Crippen MR) is 79.8 cm³/mol. The van der Waals surface area contributed by atoms with E-state index in [9.17, 15) is 0 Å². The Balaban J connectivity index is 1.84. The van der Waals surface area contributed by atoms with Gasteiger partial charge in [-0.15, -0.1) is 0 Å². The van der Waals surface area contributed by atoms with Gasteiger partial charge in [0.05, 0.1) is 17.3 Å². The molecule has 0 atom stereocenters. The third-order valence-corrected chi connectivity index (χ3v) is 4.18. The average Bonchev–Trinajstić information content (AvgIpc) is 3.16. The SMILES string of the molecule is N#CCC1(CNc2cccc3cc(Br)cnc23)CC1. The van der Waals surface area contributed by atoms with Crippen LogP contribution in [0.25, 0.3) is 10.9 Å². The second-order valence-corrected chi connectivity index (χ2v) is 6.13. The van der Waals surface area contributed by atoms with Crippen LogP contribution < -0.4 is 5.32 Å². The van der Waals surface area contributed by atoms with Crippen molar-refractivity contribution in [3.05, 3.63) is 34.9 Å². The van der Waals surface area contributed by atoms with Crippen LogP contribution in [0.15, 0.2) is 34.9 Å². The Bertz CT molecular complexity index is 656. The number of pyridine rings is 1. The molecule has 96 valence electrons. The van der Waals surface area contributed by atoms with Crippen LogP contribution in [-0.4, -0.2) is 11.5 Å². The number of nitrogens with zero attached hydrogens (tertiary/aromatic N) is 2. The van der Waals surface area contributed by atoms with Crippen molar-refractivity contribution in [1.29, 1.82) is 5.26 Å². The zero-order chi connectivity index (χ0) is 13.3. The molecule has 0 saturated heterocycles. The maximum Gasteiger partial charge on any atom is 0.0934 e. The van der Waals surface area contributed by atoms with Crippen LogP contribution >= 0.6 is 15.9 Å². The number of aromatic nitrogens is 1. The number of nitrogens with one attached hydrogen (secondary N) is 1. The molecule has 4 heteroatoms. The van der Waals surface area contributed by atoms with Gasteiger partial charge in [0.2, 0.25) is 0 Å². The van der Waals surface area contributed by atoms with E-state index in [-0.39, 0.29) is 5.41 Å². The first-order valence-corrected chi connectivity index (χ1v) is 7.17. The van der Waals surface area contributed by atoms with Crippen LogP contribution in [0.4, 0.5) is 5.69 Å². The second kappa shape index (κ2) is 4.82. The number of nitriles is 1. The minimum atomic E-state index is 0.201. The number of benzene rings is 1. The highest BCUT2D eigenvalue weighted by molar-refractivity contribution is 9.10. The van der Waals surface area contributed by atoms with Crippen LogP contribution in [0.5, 0.6) is 0 Å². The molecular formula is C15H14BrN3. The van der Waals surface area contributed by atoms with Gasteiger partial charge in [-0.3, -0.25) is 4.98 Å². The molecule has 1 N–H and O–H groups in total. The summed E-state index contributed by atoms with van der Waals surface area (Å²) in [5, 5.41) is 13.4. The maximum atomic E-state index is 8.85. The smallest absolute Gasteiger partial charge is 0.0934 e. The van der Waals surface area contributed by atoms with Crippen LogP contribution in [0.2, 0.25) is 0 Å². The van der Waals surface area contributed by atoms with Gasteiger partial charge in [0, 0.05) is 34.4 Å². The molecule has 1 aromatic heterocycles. The van der Waals surface area contributed by atoms with Gasteiger partial charge in [-0.25, -0.2) is 0 Å². The van der Waals surface area contributed by atoms with E-state index in [4.69, 9.17) is 5.26 Å². The lowest BCUT2D eigenvalue weighted by Gasteiger charge is -2.14. The average molecular weight is 316 g/mol. The molecular weight excluding hydrogens is 302 g/mol. The van der Waals surface area contributed by atoms with E-state index in [0.29, 0.717) is 6.42 Å². The van der Waals surface area contributed by atoms with Crippen LogP contribution in [0.3, 0.4) is 0 Å². The quantitative estimate of drug-likeness (QED) is 0.923. The second-order valence-electron chi connectivity index (χ2n) is 5.22. The first-order chi connectivity index (χ1) is 9.22. The predicted octanol–water partition coefficient (Wildman–Crippen LogP) is 4.10. The lowest BCUT2D eigenvalue weighted by Crippen LogP contribution is -2.15. The van der Waals surface area contributed by atoms with Crippen molar-refractivity contribution >= 4 is 32.5 Å². The lowest BCUT2D eigenvalue weighted by atomic mass is 10.0. The van der Waals surface area contributed by atoms with E-state index >= 15 is 0 Å². The zero-order valence-electron chi connectivity index (χ0n) is 10.5. The van der Waals surface area contributed by atoms with Crippen molar-refractivity contribution in [1.82, 2.24) is 4.98 Å². The molecule has 1 aliphatic carbocycles. The molecule has 2 aromatic rings. The molecule has 3 nitrogen and oxygen atoms in total. The summed E-state index contributed by atoms with van der Waals surface area (Å²) in [6.45, 7) is 0.859. The third kappa shape index (κ3) is 2.57. The maximum absolute atomic E-state index is 8.85. The first kappa shape index (κ1) is 12.4. The molecule has 3 rings (SSSR count). The van der Waals surface area contributed by atoms with E-state index in [0.717, 1.165) is 40.4 Å². The molecule has 0 spiro atoms. The topological polar surface area (TPSA) is 48.7 Å². The fourth-order valence-corrected chi connectivity index (χ4v) is 2.67. The molecule has 0 bridgehead atoms. The van der Waals surface area contributed by atoms with Crippen molar-refractivity contribution in [3.8, 4) is 6.07 Å². The van der Waals surface area contributed by atoms with Crippen LogP contribution in [0, 0.1) is 16.7 Å². The normalized spacial score (nSPS) is 16.0. The fourth-order valence-electron chi connectivity index (χ4n) is 2.32. The third-order valence-electron chi connectivity index (χ3n) is 3.74. The Morgan fingerprint density at radius 1 is 1.42 bits per heavy atom. The first-order valence-electron chi connectivity index (χ1n) is 6.38. The molecule has 0 amide bonds. The van der Waals surface area contributed by atoms with Crippen molar-refractivity contribution in [2.75, 3.05) is 11.9 Å². The van der Waals surface area contributed by atoms with Gasteiger partial charge in [-0.1, -0.05) is 12.1 Å². The zero-order valence-corrected chi connectivity index (χ0v) is 12.1. The summed E-state index contributed by atoms with van der Waals surface area (Å²) in [7, 11) is 0. The molecule has 0 aliphatic heterocycles. The number of anilines is 1. The van der Waals surface area contributed by atoms with Gasteiger partial charge in [0.15, 0.2) is 0 Å². The number of hydrogen-bond donors (Lipinski definition) is 1. The Kier molecular flexibility index (Phi) is 3.16. The van der Waals surface area contributed by atoms with Gasteiger partial charge >= 0.3 is 0 Å². The van der Waals surface area contributed by atoms with Gasteiger partial charge in [-0.2, -0.15) is 5.26 Å². The van der Waals surface area contributed by atoms with Crippen LogP contribution in [0.1, 0.15) is 19.3 Å². The number of fused-ring (bicyclic) bond motifs is 1. The Morgan fingerprint density at radius 3 is 3.00 bits per heavy atom. The lowest BCUT2D eigenvalue weighted by molar-refractivity contribution is 0.557. The number of halogens is 1. The van der Waals surface area contributed by atoms with E-state index in [1.54, 1.807) is 0 Å². The number of rotatable bonds is 4. The fraction of sp³-hybridized carbons (Fsp3) is 0.333. The monoisotopic (exact) mass is 315 g/mol. The highest BCUT2D eigenvalue weighted by atomic mass is 79.9. The van der Waals surface area contributed by atoms with Gasteiger partial charge < -0.3 is 5.32 Å². The van der Waals surface area contributed by atoms with E-state index < -0.39 is 0 Å². The minimum Gasteiger partial charge on any atom is -0.383 e. The van der Waals surface area contributed by atoms with E-state index in [1.165, 1.54) is 0 Å². The summed E-state index contributed by atoms with van der Waals surface area (Å²) >= 11 is 3.44. The molecule has 1 saturated carbocycles. The number of hydrogen-bond acceptors (Lipinski definition) is 3. The molecule has 19 heavy (non-hydrogen) atoms. The molecule has 1 heterocycles. The minimum absolute atomic E-state index is 0.201. The Labute approximate surface area is 120 Å². The molecule has 1 aliphatic rings. The van der Waals surface area contributed by atoms with Gasteiger partial charge in [-0.05, 0) is 40.9 Å². The summed E-state index contributed by atoms with van der Waals surface area (Å²) in [6, 6.07) is 10.5. The van der Waals surface area contributed by atoms with Crippen molar-refractivity contribution < 1.29 is 0 Å². The molecule has 0 radical (unpaired) electrons. The van der Waals surface area contributed by atoms with Gasteiger partial charge in [0.25, 0.3) is 0 Å². The summed E-state index contributed by atoms with van der Waals surface area (Å²) < 4.78 is 0.986. The Morgan fingerprint density at radius 2 is 2.26 bits per heavy atom. The summed E-state index contributed by atoms with van der Waals surface area (Å²) in [5.74, 6) is 0. The van der Waals surface area contributed by atoms with Crippen molar-refractivity contribution in [2.24, 2.45) is 5.41 Å². The van der Waals surface area contributed by atoms with E-state index in [2.05, 4.69) is 44.4 Å².